The van der Waals surface area contributed by atoms with Crippen LogP contribution in [0.5, 0.6) is 0 Å². The second-order valence-corrected chi connectivity index (χ2v) is 5.22. The molecule has 0 radical (unpaired) electrons. The van der Waals surface area contributed by atoms with Gasteiger partial charge in [-0.3, -0.25) is 0 Å². The molecule has 1 nitrogen and oxygen atoms in total. The molecule has 1 atom stereocenters. The summed E-state index contributed by atoms with van der Waals surface area (Å²) in [5.41, 5.74) is -0.0933. The molecule has 1 aromatic rings. The zero-order valence-electron chi connectivity index (χ0n) is 8.80. The van der Waals surface area contributed by atoms with Crippen molar-refractivity contribution >= 4 is 27.5 Å². The Morgan fingerprint density at radius 3 is 2.53 bits per heavy atom. The highest BCUT2D eigenvalue weighted by Gasteiger charge is 2.25. The van der Waals surface area contributed by atoms with Gasteiger partial charge >= 0.3 is 0 Å². The maximum Gasteiger partial charge on any atom is 0.176 e. The van der Waals surface area contributed by atoms with E-state index in [-0.39, 0.29) is 23.0 Å². The Morgan fingerprint density at radius 2 is 1.94 bits per heavy atom. The van der Waals surface area contributed by atoms with Gasteiger partial charge in [0.05, 0.1) is 9.50 Å². The van der Waals surface area contributed by atoms with Crippen LogP contribution in [0.25, 0.3) is 0 Å². The van der Waals surface area contributed by atoms with Crippen molar-refractivity contribution in [1.82, 2.24) is 5.32 Å². The summed E-state index contributed by atoms with van der Waals surface area (Å²) in [5, 5.41) is 2.79. The highest BCUT2D eigenvalue weighted by Crippen LogP contribution is 2.33. The number of halogens is 5. The number of nitrogens with one attached hydrogen (secondary N) is 1. The molecule has 6 heteroatoms. The van der Waals surface area contributed by atoms with Crippen LogP contribution in [0.2, 0.25) is 5.02 Å². The van der Waals surface area contributed by atoms with E-state index in [0.717, 1.165) is 19.4 Å². The Morgan fingerprint density at radius 1 is 1.24 bits per heavy atom. The smallest absolute Gasteiger partial charge is 0.176 e. The summed E-state index contributed by atoms with van der Waals surface area (Å²) in [6.45, 7) is 0.839. The van der Waals surface area contributed by atoms with Gasteiger partial charge in [-0.1, -0.05) is 11.6 Å². The van der Waals surface area contributed by atoms with Crippen LogP contribution in [-0.2, 0) is 6.42 Å². The summed E-state index contributed by atoms with van der Waals surface area (Å²) in [4.78, 5) is 0. The lowest BCUT2D eigenvalue weighted by Crippen LogP contribution is -2.24. The van der Waals surface area contributed by atoms with E-state index in [1.165, 1.54) is 0 Å². The second-order valence-electron chi connectivity index (χ2n) is 4.05. The van der Waals surface area contributed by atoms with Crippen LogP contribution >= 0.6 is 27.5 Å². The van der Waals surface area contributed by atoms with Crippen LogP contribution in [0.3, 0.4) is 0 Å². The van der Waals surface area contributed by atoms with Gasteiger partial charge in [0.15, 0.2) is 17.5 Å². The summed E-state index contributed by atoms with van der Waals surface area (Å²) in [6, 6.07) is 0.0296. The first-order valence-corrected chi connectivity index (χ1v) is 6.43. The minimum absolute atomic E-state index is 0.0296. The van der Waals surface area contributed by atoms with Crippen molar-refractivity contribution in [1.29, 1.82) is 0 Å². The topological polar surface area (TPSA) is 12.0 Å². The third-order valence-corrected chi connectivity index (χ3v) is 4.00. The summed E-state index contributed by atoms with van der Waals surface area (Å²) >= 11 is 8.35. The zero-order valence-corrected chi connectivity index (χ0v) is 11.1. The molecule has 17 heavy (non-hydrogen) atoms. The molecule has 0 spiro atoms. The van der Waals surface area contributed by atoms with Gasteiger partial charge in [0.1, 0.15) is 0 Å². The molecule has 1 heterocycles. The summed E-state index contributed by atoms with van der Waals surface area (Å²) in [5.74, 6) is -3.24. The lowest BCUT2D eigenvalue weighted by atomic mass is 10.0. The van der Waals surface area contributed by atoms with Crippen molar-refractivity contribution in [3.05, 3.63) is 32.5 Å². The zero-order chi connectivity index (χ0) is 12.6. The Bertz CT molecular complexity index is 418. The summed E-state index contributed by atoms with van der Waals surface area (Å²) in [7, 11) is 0. The normalized spacial score (nSPS) is 19.9. The van der Waals surface area contributed by atoms with Gasteiger partial charge in [0.25, 0.3) is 0 Å². The highest BCUT2D eigenvalue weighted by atomic mass is 79.9. The lowest BCUT2D eigenvalue weighted by Gasteiger charge is -2.14. The van der Waals surface area contributed by atoms with Gasteiger partial charge in [-0.15, -0.1) is 0 Å². The molecule has 0 amide bonds. The van der Waals surface area contributed by atoms with Crippen molar-refractivity contribution in [2.24, 2.45) is 0 Å². The Kier molecular flexibility index (Phi) is 4.00. The molecule has 94 valence electrons. The van der Waals surface area contributed by atoms with Crippen LogP contribution in [0.1, 0.15) is 18.4 Å². The van der Waals surface area contributed by atoms with Gasteiger partial charge in [0.2, 0.25) is 0 Å². The Hall–Kier alpha value is -0.260. The predicted molar refractivity (Wildman–Crippen MR) is 63.8 cm³/mol. The summed E-state index contributed by atoms with van der Waals surface area (Å²) in [6.07, 6.45) is 2.03. The van der Waals surface area contributed by atoms with E-state index < -0.39 is 21.9 Å². The van der Waals surface area contributed by atoms with E-state index in [2.05, 4.69) is 21.2 Å². The van der Waals surface area contributed by atoms with Crippen molar-refractivity contribution < 1.29 is 13.2 Å². The minimum Gasteiger partial charge on any atom is -0.314 e. The molecule has 0 bridgehead atoms. The van der Waals surface area contributed by atoms with Gasteiger partial charge in [0, 0.05) is 11.6 Å². The highest BCUT2D eigenvalue weighted by molar-refractivity contribution is 9.10. The fourth-order valence-electron chi connectivity index (χ4n) is 2.01. The first kappa shape index (κ1) is 13.2. The van der Waals surface area contributed by atoms with E-state index in [1.54, 1.807) is 0 Å². The molecule has 1 aliphatic heterocycles. The van der Waals surface area contributed by atoms with E-state index in [4.69, 9.17) is 11.6 Å². The molecule has 0 aliphatic carbocycles. The molecule has 2 rings (SSSR count). The van der Waals surface area contributed by atoms with Crippen LogP contribution < -0.4 is 5.32 Å². The van der Waals surface area contributed by atoms with E-state index in [0.29, 0.717) is 0 Å². The Balaban J connectivity index is 2.38. The number of benzene rings is 1. The standard InChI is InChI=1S/C11H10BrClF3N/c12-7-10(15)8(13)6(9(14)11(7)16)4-5-2-1-3-17-5/h5,17H,1-4H2. The largest absolute Gasteiger partial charge is 0.314 e. The number of hydrogen-bond donors (Lipinski definition) is 1. The molecule has 1 unspecified atom stereocenters. The van der Waals surface area contributed by atoms with Gasteiger partial charge in [-0.2, -0.15) is 0 Å². The van der Waals surface area contributed by atoms with E-state index in [1.807, 2.05) is 0 Å². The third-order valence-electron chi connectivity index (χ3n) is 2.91. The molecule has 1 saturated heterocycles. The fraction of sp³-hybridized carbons (Fsp3) is 0.455. The van der Waals surface area contributed by atoms with Crippen molar-refractivity contribution in [2.75, 3.05) is 6.54 Å². The maximum atomic E-state index is 13.7. The first-order chi connectivity index (χ1) is 8.02. The van der Waals surface area contributed by atoms with E-state index in [9.17, 15) is 13.2 Å². The van der Waals surface area contributed by atoms with Crippen LogP contribution in [-0.4, -0.2) is 12.6 Å². The quantitative estimate of drug-likeness (QED) is 0.643. The van der Waals surface area contributed by atoms with Gasteiger partial charge < -0.3 is 5.32 Å². The van der Waals surface area contributed by atoms with Crippen molar-refractivity contribution in [3.63, 3.8) is 0 Å². The maximum absolute atomic E-state index is 13.7. The minimum atomic E-state index is -1.22. The fourth-order valence-corrected chi connectivity index (χ4v) is 2.75. The molecular weight excluding hydrogens is 318 g/mol. The molecule has 1 fully saturated rings. The molecule has 0 aromatic heterocycles. The number of hydrogen-bond acceptors (Lipinski definition) is 1. The van der Waals surface area contributed by atoms with Crippen LogP contribution in [0, 0.1) is 17.5 Å². The third kappa shape index (κ3) is 2.46. The summed E-state index contributed by atoms with van der Waals surface area (Å²) < 4.78 is 40.0. The van der Waals surface area contributed by atoms with Crippen molar-refractivity contribution in [3.8, 4) is 0 Å². The SMILES string of the molecule is Fc1c(F)c(CC2CCCN2)c(Cl)c(F)c1Br. The van der Waals surface area contributed by atoms with Gasteiger partial charge in [-0.25, -0.2) is 13.2 Å². The molecular formula is C11H10BrClF3N. The molecule has 1 aromatic carbocycles. The van der Waals surface area contributed by atoms with Crippen molar-refractivity contribution in [2.45, 2.75) is 25.3 Å². The predicted octanol–water partition coefficient (Wildman–Crippen LogP) is 3.81. The first-order valence-electron chi connectivity index (χ1n) is 5.26. The van der Waals surface area contributed by atoms with E-state index >= 15 is 0 Å². The average molecular weight is 329 g/mol. The second kappa shape index (κ2) is 5.16. The van der Waals surface area contributed by atoms with Crippen LogP contribution in [0.4, 0.5) is 13.2 Å². The molecule has 1 N–H and O–H groups in total. The lowest BCUT2D eigenvalue weighted by molar-refractivity contribution is 0.469. The van der Waals surface area contributed by atoms with Crippen LogP contribution in [0.15, 0.2) is 4.47 Å². The molecule has 1 aliphatic rings. The number of rotatable bonds is 2. The Labute approximate surface area is 110 Å². The average Bonchev–Trinajstić information content (AvgIpc) is 2.82. The monoisotopic (exact) mass is 327 g/mol. The van der Waals surface area contributed by atoms with Gasteiger partial charge in [-0.05, 0) is 41.7 Å². The molecule has 0 saturated carbocycles.